The zero-order chi connectivity index (χ0) is 12.1. The predicted molar refractivity (Wildman–Crippen MR) is 71.3 cm³/mol. The largest absolute Gasteiger partial charge is 0.377 e. The van der Waals surface area contributed by atoms with Gasteiger partial charge in [0.15, 0.2) is 0 Å². The van der Waals surface area contributed by atoms with Crippen molar-refractivity contribution in [3.8, 4) is 0 Å². The van der Waals surface area contributed by atoms with E-state index in [9.17, 15) is 0 Å². The fraction of sp³-hybridized carbons (Fsp3) is 1.00. The van der Waals surface area contributed by atoms with Gasteiger partial charge in [-0.2, -0.15) is 0 Å². The van der Waals surface area contributed by atoms with Crippen LogP contribution in [0, 0.1) is 5.92 Å². The lowest BCUT2D eigenvalue weighted by atomic mass is 10.0. The molecule has 0 bridgehead atoms. The van der Waals surface area contributed by atoms with Crippen molar-refractivity contribution in [3.05, 3.63) is 0 Å². The molecule has 0 aromatic carbocycles. The second-order valence-electron chi connectivity index (χ2n) is 6.03. The molecule has 0 saturated carbocycles. The van der Waals surface area contributed by atoms with Crippen LogP contribution in [0.4, 0.5) is 0 Å². The summed E-state index contributed by atoms with van der Waals surface area (Å²) in [4.78, 5) is 2.61. The van der Waals surface area contributed by atoms with E-state index in [1.165, 1.54) is 45.3 Å². The summed E-state index contributed by atoms with van der Waals surface area (Å²) in [7, 11) is 0. The van der Waals surface area contributed by atoms with Gasteiger partial charge in [-0.3, -0.25) is 4.90 Å². The standard InChI is InChI=1S/C14H28N2O/c1-12(2)9-13-10-16(7-4-6-15-13)11-14-5-3-8-17-14/h12-15H,3-11H2,1-2H3. The zero-order valence-electron chi connectivity index (χ0n) is 11.5. The van der Waals surface area contributed by atoms with E-state index in [4.69, 9.17) is 4.74 Å². The lowest BCUT2D eigenvalue weighted by Gasteiger charge is -2.27. The van der Waals surface area contributed by atoms with Crippen LogP contribution in [0.1, 0.15) is 39.5 Å². The number of hydrogen-bond donors (Lipinski definition) is 1. The van der Waals surface area contributed by atoms with Crippen LogP contribution in [0.25, 0.3) is 0 Å². The Bertz CT molecular complexity index is 214. The van der Waals surface area contributed by atoms with E-state index >= 15 is 0 Å². The van der Waals surface area contributed by atoms with E-state index in [2.05, 4.69) is 24.1 Å². The molecular formula is C14H28N2O. The van der Waals surface area contributed by atoms with Crippen molar-refractivity contribution in [1.82, 2.24) is 10.2 Å². The van der Waals surface area contributed by atoms with E-state index in [-0.39, 0.29) is 0 Å². The highest BCUT2D eigenvalue weighted by molar-refractivity contribution is 4.80. The highest BCUT2D eigenvalue weighted by Crippen LogP contribution is 2.16. The van der Waals surface area contributed by atoms with Crippen molar-refractivity contribution in [2.75, 3.05) is 32.8 Å². The maximum atomic E-state index is 5.75. The summed E-state index contributed by atoms with van der Waals surface area (Å²) in [6.07, 6.45) is 5.60. The third kappa shape index (κ3) is 4.57. The highest BCUT2D eigenvalue weighted by Gasteiger charge is 2.23. The Labute approximate surface area is 106 Å². The molecule has 0 spiro atoms. The molecule has 1 N–H and O–H groups in total. The normalized spacial score (nSPS) is 31.9. The zero-order valence-corrected chi connectivity index (χ0v) is 11.5. The molecule has 2 heterocycles. The minimum Gasteiger partial charge on any atom is -0.377 e. The lowest BCUT2D eigenvalue weighted by Crippen LogP contribution is -2.41. The lowest BCUT2D eigenvalue weighted by molar-refractivity contribution is 0.0719. The van der Waals surface area contributed by atoms with Gasteiger partial charge in [-0.25, -0.2) is 0 Å². The maximum Gasteiger partial charge on any atom is 0.0702 e. The molecule has 0 aliphatic carbocycles. The highest BCUT2D eigenvalue weighted by atomic mass is 16.5. The van der Waals surface area contributed by atoms with Gasteiger partial charge in [0.25, 0.3) is 0 Å². The molecular weight excluding hydrogens is 212 g/mol. The Morgan fingerprint density at radius 1 is 1.35 bits per heavy atom. The van der Waals surface area contributed by atoms with E-state index in [1.54, 1.807) is 0 Å². The van der Waals surface area contributed by atoms with Gasteiger partial charge in [-0.1, -0.05) is 13.8 Å². The molecule has 0 amide bonds. The van der Waals surface area contributed by atoms with Crippen molar-refractivity contribution < 1.29 is 4.74 Å². The van der Waals surface area contributed by atoms with Gasteiger partial charge in [-0.15, -0.1) is 0 Å². The van der Waals surface area contributed by atoms with Gasteiger partial charge >= 0.3 is 0 Å². The maximum absolute atomic E-state index is 5.75. The molecule has 2 saturated heterocycles. The van der Waals surface area contributed by atoms with E-state index in [1.807, 2.05) is 0 Å². The van der Waals surface area contributed by atoms with Crippen molar-refractivity contribution in [2.24, 2.45) is 5.92 Å². The van der Waals surface area contributed by atoms with Gasteiger partial charge in [0.2, 0.25) is 0 Å². The molecule has 2 fully saturated rings. The SMILES string of the molecule is CC(C)CC1CN(CC2CCCO2)CCCN1. The second-order valence-corrected chi connectivity index (χ2v) is 6.03. The van der Waals surface area contributed by atoms with Crippen LogP contribution in [0.5, 0.6) is 0 Å². The van der Waals surface area contributed by atoms with Gasteiger partial charge in [0, 0.05) is 25.7 Å². The monoisotopic (exact) mass is 240 g/mol. The molecule has 2 unspecified atom stereocenters. The van der Waals surface area contributed by atoms with E-state index < -0.39 is 0 Å². The first-order chi connectivity index (χ1) is 8.24. The summed E-state index contributed by atoms with van der Waals surface area (Å²) in [6.45, 7) is 10.4. The van der Waals surface area contributed by atoms with E-state index in [0.29, 0.717) is 12.1 Å². The number of nitrogens with one attached hydrogen (secondary N) is 1. The second kappa shape index (κ2) is 6.72. The minimum atomic E-state index is 0.507. The van der Waals surface area contributed by atoms with Crippen LogP contribution in [-0.4, -0.2) is 49.8 Å². The first-order valence-corrected chi connectivity index (χ1v) is 7.31. The number of ether oxygens (including phenoxy) is 1. The molecule has 17 heavy (non-hydrogen) atoms. The first kappa shape index (κ1) is 13.3. The molecule has 100 valence electrons. The number of hydrogen-bond acceptors (Lipinski definition) is 3. The fourth-order valence-electron chi connectivity index (χ4n) is 3.05. The topological polar surface area (TPSA) is 24.5 Å². The number of nitrogens with zero attached hydrogens (tertiary/aromatic N) is 1. The predicted octanol–water partition coefficient (Wildman–Crippen LogP) is 1.88. The van der Waals surface area contributed by atoms with Crippen LogP contribution in [0.3, 0.4) is 0 Å². The quantitative estimate of drug-likeness (QED) is 0.812. The summed E-state index contributed by atoms with van der Waals surface area (Å²) in [5.41, 5.74) is 0. The van der Waals surface area contributed by atoms with Crippen molar-refractivity contribution >= 4 is 0 Å². The first-order valence-electron chi connectivity index (χ1n) is 7.31. The van der Waals surface area contributed by atoms with Crippen LogP contribution in [-0.2, 0) is 4.74 Å². The van der Waals surface area contributed by atoms with Crippen molar-refractivity contribution in [1.29, 1.82) is 0 Å². The van der Waals surface area contributed by atoms with Crippen molar-refractivity contribution in [3.63, 3.8) is 0 Å². The van der Waals surface area contributed by atoms with E-state index in [0.717, 1.165) is 19.1 Å². The number of rotatable bonds is 4. The summed E-state index contributed by atoms with van der Waals surface area (Å²) < 4.78 is 5.75. The van der Waals surface area contributed by atoms with Crippen LogP contribution in [0.2, 0.25) is 0 Å². The molecule has 3 nitrogen and oxygen atoms in total. The fourth-order valence-corrected chi connectivity index (χ4v) is 3.05. The van der Waals surface area contributed by atoms with Crippen LogP contribution in [0.15, 0.2) is 0 Å². The Morgan fingerprint density at radius 2 is 2.24 bits per heavy atom. The van der Waals surface area contributed by atoms with Crippen molar-refractivity contribution in [2.45, 2.75) is 51.7 Å². The Kier molecular flexibility index (Phi) is 5.26. The third-order valence-corrected chi connectivity index (χ3v) is 3.80. The summed E-state index contributed by atoms with van der Waals surface area (Å²) in [6, 6.07) is 0.680. The molecule has 2 rings (SSSR count). The molecule has 2 aliphatic rings. The average molecular weight is 240 g/mol. The Morgan fingerprint density at radius 3 is 2.94 bits per heavy atom. The van der Waals surface area contributed by atoms with Gasteiger partial charge < -0.3 is 10.1 Å². The summed E-state index contributed by atoms with van der Waals surface area (Å²) in [5.74, 6) is 0.787. The summed E-state index contributed by atoms with van der Waals surface area (Å²) in [5, 5.41) is 3.69. The average Bonchev–Trinajstić information content (AvgIpc) is 2.66. The van der Waals surface area contributed by atoms with Crippen LogP contribution >= 0.6 is 0 Å². The molecule has 2 atom stereocenters. The van der Waals surface area contributed by atoms with Gasteiger partial charge in [0.05, 0.1) is 6.10 Å². The molecule has 0 radical (unpaired) electrons. The molecule has 0 aromatic heterocycles. The smallest absolute Gasteiger partial charge is 0.0702 e. The molecule has 2 aliphatic heterocycles. The third-order valence-electron chi connectivity index (χ3n) is 3.80. The van der Waals surface area contributed by atoms with Gasteiger partial charge in [0.1, 0.15) is 0 Å². The molecule has 3 heteroatoms. The summed E-state index contributed by atoms with van der Waals surface area (Å²) >= 11 is 0. The van der Waals surface area contributed by atoms with Crippen LogP contribution < -0.4 is 5.32 Å². The molecule has 0 aromatic rings. The minimum absolute atomic E-state index is 0.507. The van der Waals surface area contributed by atoms with Gasteiger partial charge in [-0.05, 0) is 44.7 Å². The Balaban J connectivity index is 1.79. The Hall–Kier alpha value is -0.120.